The van der Waals surface area contributed by atoms with Crippen molar-refractivity contribution < 1.29 is 33.8 Å². The van der Waals surface area contributed by atoms with Gasteiger partial charge in [-0.1, -0.05) is 68.7 Å². The molecule has 0 radical (unpaired) electrons. The molecule has 10 heteroatoms. The molecule has 2 N–H and O–H groups in total. The van der Waals surface area contributed by atoms with Crippen molar-refractivity contribution in [2.45, 2.75) is 94.9 Å². The fourth-order valence-electron chi connectivity index (χ4n) is 7.33. The minimum Gasteiger partial charge on any atom is -0.463 e. The first-order valence-corrected chi connectivity index (χ1v) is 16.9. The monoisotopic (exact) mass is 637 g/mol. The number of ether oxygens (including phenoxy) is 2. The summed E-state index contributed by atoms with van der Waals surface area (Å²) >= 11 is 0. The number of benzene rings is 1. The summed E-state index contributed by atoms with van der Waals surface area (Å²) in [6, 6.07) is 7.86. The highest BCUT2D eigenvalue weighted by molar-refractivity contribution is 5.99. The number of carbonyl (C=O) groups is 4. The largest absolute Gasteiger partial charge is 0.463 e. The summed E-state index contributed by atoms with van der Waals surface area (Å²) in [4.78, 5) is 58.6. The van der Waals surface area contributed by atoms with Gasteiger partial charge in [-0.25, -0.2) is 0 Å². The van der Waals surface area contributed by atoms with E-state index in [0.29, 0.717) is 51.7 Å². The fourth-order valence-corrected chi connectivity index (χ4v) is 7.33. The molecule has 0 saturated carbocycles. The molecule has 0 aromatic heterocycles. The molecular weight excluding hydrogens is 586 g/mol. The molecule has 3 fully saturated rings. The molecule has 1 spiro atoms. The zero-order valence-corrected chi connectivity index (χ0v) is 27.2. The standard InChI is InChI=1S/C36H51N3O7/c1-4-7-18-29(41)45-25-27(26-16-12-11-13-17-26)37-33(42)30-28-19-20-36(46-28)31(30)34(43)39(23-14-9-10-15-24-40)32(36)35(44)38(21-6-3)22-8-5-2/h4,6,11-13,16-17,27-28,30-32,40H,1,3,5,7-10,14-15,18-25H2,2H3,(H,37,42)/t27-,28-,30+,31+,32-,36+/m1/s1. The van der Waals surface area contributed by atoms with Crippen LogP contribution in [0.25, 0.3) is 0 Å². The van der Waals surface area contributed by atoms with Gasteiger partial charge in [0, 0.05) is 32.7 Å². The van der Waals surface area contributed by atoms with E-state index in [-0.39, 0.29) is 43.3 Å². The molecule has 0 unspecified atom stereocenters. The first-order valence-electron chi connectivity index (χ1n) is 16.9. The fraction of sp³-hybridized carbons (Fsp3) is 0.611. The van der Waals surface area contributed by atoms with Crippen molar-refractivity contribution in [1.29, 1.82) is 0 Å². The summed E-state index contributed by atoms with van der Waals surface area (Å²) in [5, 5.41) is 12.3. The van der Waals surface area contributed by atoms with Crippen LogP contribution in [-0.4, -0.2) is 89.2 Å². The van der Waals surface area contributed by atoms with Crippen molar-refractivity contribution >= 4 is 23.7 Å². The Kier molecular flexibility index (Phi) is 13.0. The lowest BCUT2D eigenvalue weighted by Crippen LogP contribution is -2.56. The van der Waals surface area contributed by atoms with Gasteiger partial charge in [0.05, 0.1) is 24.0 Å². The zero-order chi connectivity index (χ0) is 33.1. The first-order chi connectivity index (χ1) is 22.3. The van der Waals surface area contributed by atoms with Crippen molar-refractivity contribution in [2.75, 3.05) is 32.8 Å². The Morgan fingerprint density at radius 1 is 1.15 bits per heavy atom. The van der Waals surface area contributed by atoms with Crippen LogP contribution in [0.2, 0.25) is 0 Å². The van der Waals surface area contributed by atoms with Gasteiger partial charge in [0.1, 0.15) is 18.2 Å². The molecule has 46 heavy (non-hydrogen) atoms. The summed E-state index contributed by atoms with van der Waals surface area (Å²) in [7, 11) is 0. The van der Waals surface area contributed by atoms with E-state index in [1.54, 1.807) is 22.0 Å². The van der Waals surface area contributed by atoms with E-state index in [1.807, 2.05) is 30.3 Å². The van der Waals surface area contributed by atoms with Crippen molar-refractivity contribution in [3.63, 3.8) is 0 Å². The van der Waals surface area contributed by atoms with Crippen molar-refractivity contribution in [3.8, 4) is 0 Å². The van der Waals surface area contributed by atoms with Gasteiger partial charge in [0.2, 0.25) is 17.7 Å². The molecule has 10 nitrogen and oxygen atoms in total. The number of aliphatic hydroxyl groups excluding tert-OH is 1. The Balaban J connectivity index is 1.60. The van der Waals surface area contributed by atoms with Crippen molar-refractivity contribution in [3.05, 3.63) is 61.2 Å². The molecular formula is C36H51N3O7. The zero-order valence-electron chi connectivity index (χ0n) is 27.2. The molecule has 3 saturated heterocycles. The molecule has 3 aliphatic heterocycles. The lowest BCUT2D eigenvalue weighted by Gasteiger charge is -2.37. The molecule has 3 amide bonds. The molecule has 4 rings (SSSR count). The molecule has 3 heterocycles. The van der Waals surface area contributed by atoms with Crippen LogP contribution in [0.15, 0.2) is 55.6 Å². The average molecular weight is 638 g/mol. The van der Waals surface area contributed by atoms with Crippen molar-refractivity contribution in [1.82, 2.24) is 15.1 Å². The second-order valence-electron chi connectivity index (χ2n) is 12.6. The number of carbonyl (C=O) groups excluding carboxylic acids is 4. The minimum atomic E-state index is -1.09. The van der Waals surface area contributed by atoms with E-state index in [9.17, 15) is 24.3 Å². The summed E-state index contributed by atoms with van der Waals surface area (Å²) < 4.78 is 12.2. The summed E-state index contributed by atoms with van der Waals surface area (Å²) in [5.41, 5.74) is -0.311. The maximum atomic E-state index is 14.3. The van der Waals surface area contributed by atoms with Gasteiger partial charge >= 0.3 is 5.97 Å². The van der Waals surface area contributed by atoms with E-state index in [0.717, 1.165) is 31.2 Å². The van der Waals surface area contributed by atoms with Gasteiger partial charge in [-0.15, -0.1) is 13.2 Å². The van der Waals surface area contributed by atoms with Gasteiger partial charge in [-0.3, -0.25) is 19.2 Å². The van der Waals surface area contributed by atoms with Crippen LogP contribution in [-0.2, 0) is 28.7 Å². The predicted molar refractivity (Wildman–Crippen MR) is 174 cm³/mol. The van der Waals surface area contributed by atoms with Gasteiger partial charge in [-0.05, 0) is 44.1 Å². The molecule has 1 aromatic rings. The Morgan fingerprint density at radius 2 is 1.91 bits per heavy atom. The Bertz CT molecular complexity index is 1220. The average Bonchev–Trinajstić information content (AvgIpc) is 3.71. The van der Waals surface area contributed by atoms with E-state index < -0.39 is 35.6 Å². The molecule has 252 valence electrons. The Labute approximate surface area is 273 Å². The van der Waals surface area contributed by atoms with Crippen LogP contribution in [0.5, 0.6) is 0 Å². The second kappa shape index (κ2) is 16.9. The highest BCUT2D eigenvalue weighted by atomic mass is 16.5. The number of amides is 3. The highest BCUT2D eigenvalue weighted by Gasteiger charge is 2.74. The SMILES string of the molecule is C=CCCC(=O)OC[C@@H](NC(=O)[C@@H]1[C@H]2C(=O)N(CCCCCCO)[C@H](C(=O)N(CC=C)CCCC)[C@]23CC[C@H]1O3)c1ccccc1. The van der Waals surface area contributed by atoms with E-state index in [2.05, 4.69) is 25.4 Å². The number of unbranched alkanes of at least 4 members (excludes halogenated alkanes) is 4. The van der Waals surface area contributed by atoms with Crippen LogP contribution in [0.4, 0.5) is 0 Å². The van der Waals surface area contributed by atoms with Gasteiger partial charge in [0.25, 0.3) is 0 Å². The van der Waals surface area contributed by atoms with Crippen LogP contribution < -0.4 is 5.32 Å². The number of likely N-dealkylation sites (tertiary alicyclic amines) is 1. The number of aliphatic hydroxyl groups is 1. The van der Waals surface area contributed by atoms with E-state index >= 15 is 0 Å². The highest BCUT2D eigenvalue weighted by Crippen LogP contribution is 2.58. The molecule has 2 bridgehead atoms. The van der Waals surface area contributed by atoms with Crippen LogP contribution in [0.3, 0.4) is 0 Å². The van der Waals surface area contributed by atoms with Crippen LogP contribution in [0.1, 0.15) is 82.7 Å². The lowest BCUT2D eigenvalue weighted by molar-refractivity contribution is -0.148. The Hall–Kier alpha value is -3.50. The number of hydrogen-bond acceptors (Lipinski definition) is 7. The molecule has 0 aliphatic carbocycles. The van der Waals surface area contributed by atoms with E-state index in [4.69, 9.17) is 9.47 Å². The summed E-state index contributed by atoms with van der Waals surface area (Å²) in [6.45, 7) is 10.9. The predicted octanol–water partition coefficient (Wildman–Crippen LogP) is 4.10. The normalized spacial score (nSPS) is 25.2. The third-order valence-corrected chi connectivity index (χ3v) is 9.57. The number of hydrogen-bond donors (Lipinski definition) is 2. The van der Waals surface area contributed by atoms with Crippen molar-refractivity contribution in [2.24, 2.45) is 11.8 Å². The summed E-state index contributed by atoms with van der Waals surface area (Å²) in [5.74, 6) is -2.67. The second-order valence-corrected chi connectivity index (χ2v) is 12.6. The maximum Gasteiger partial charge on any atom is 0.306 e. The third kappa shape index (κ3) is 7.72. The topological polar surface area (TPSA) is 125 Å². The lowest BCUT2D eigenvalue weighted by atomic mass is 9.70. The van der Waals surface area contributed by atoms with Gasteiger partial charge in [0.15, 0.2) is 0 Å². The third-order valence-electron chi connectivity index (χ3n) is 9.57. The molecule has 6 atom stereocenters. The van der Waals surface area contributed by atoms with Gasteiger partial charge < -0.3 is 29.7 Å². The molecule has 3 aliphatic rings. The first kappa shape index (κ1) is 35.4. The maximum absolute atomic E-state index is 14.3. The van der Waals surface area contributed by atoms with Gasteiger partial charge in [-0.2, -0.15) is 0 Å². The minimum absolute atomic E-state index is 0.0528. The van der Waals surface area contributed by atoms with E-state index in [1.165, 1.54) is 0 Å². The van der Waals surface area contributed by atoms with Crippen LogP contribution >= 0.6 is 0 Å². The number of fused-ring (bicyclic) bond motifs is 1. The summed E-state index contributed by atoms with van der Waals surface area (Å²) in [6.07, 6.45) is 9.39. The number of nitrogens with one attached hydrogen (secondary N) is 1. The number of rotatable bonds is 20. The molecule has 1 aromatic carbocycles. The number of nitrogens with zero attached hydrogens (tertiary/aromatic N) is 2. The number of esters is 1. The van der Waals surface area contributed by atoms with Crippen LogP contribution in [0, 0.1) is 11.8 Å². The quantitative estimate of drug-likeness (QED) is 0.125. The Morgan fingerprint density at radius 3 is 2.61 bits per heavy atom. The number of allylic oxidation sites excluding steroid dienone is 1. The smallest absolute Gasteiger partial charge is 0.306 e.